The number of nitrogens with zero attached hydrogens (tertiary/aromatic N) is 2. The maximum absolute atomic E-state index is 13.2. The van der Waals surface area contributed by atoms with Crippen molar-refractivity contribution in [3.05, 3.63) is 53.1 Å². The highest BCUT2D eigenvalue weighted by Gasteiger charge is 2.27. The van der Waals surface area contributed by atoms with Crippen molar-refractivity contribution in [3.8, 4) is 0 Å². The second kappa shape index (κ2) is 9.73. The van der Waals surface area contributed by atoms with E-state index in [2.05, 4.69) is 14.5 Å². The molecule has 0 bridgehead atoms. The van der Waals surface area contributed by atoms with Crippen molar-refractivity contribution in [1.82, 2.24) is 4.90 Å². The molecule has 2 aromatic carbocycles. The lowest BCUT2D eigenvalue weighted by atomic mass is 9.94. The molecule has 0 aromatic heterocycles. The molecule has 4 rings (SSSR count). The average molecular weight is 472 g/mol. The van der Waals surface area contributed by atoms with E-state index < -0.39 is 16.0 Å². The Morgan fingerprint density at radius 2 is 1.64 bits per heavy atom. The van der Waals surface area contributed by atoms with Gasteiger partial charge in [-0.15, -0.1) is 0 Å². The number of carbonyl (C=O) groups is 1. The molecular weight excluding hydrogens is 438 g/mol. The van der Waals surface area contributed by atoms with Gasteiger partial charge in [0.25, 0.3) is 10.0 Å². The third-order valence-corrected chi connectivity index (χ3v) is 8.39. The predicted molar refractivity (Wildman–Crippen MR) is 131 cm³/mol. The van der Waals surface area contributed by atoms with Crippen LogP contribution in [0.3, 0.4) is 0 Å². The molecule has 0 spiro atoms. The first-order chi connectivity index (χ1) is 15.7. The van der Waals surface area contributed by atoms with Gasteiger partial charge in [0.2, 0.25) is 0 Å². The predicted octanol–water partition coefficient (Wildman–Crippen LogP) is 4.26. The number of hydrogen-bond donors (Lipinski definition) is 2. The van der Waals surface area contributed by atoms with Crippen LogP contribution in [0.4, 0.5) is 11.4 Å². The molecule has 1 saturated carbocycles. The van der Waals surface area contributed by atoms with Crippen LogP contribution in [-0.4, -0.2) is 56.6 Å². The Labute approximate surface area is 196 Å². The highest BCUT2D eigenvalue weighted by molar-refractivity contribution is 7.92. The van der Waals surface area contributed by atoms with Crippen LogP contribution >= 0.6 is 0 Å². The molecule has 0 radical (unpaired) electrons. The summed E-state index contributed by atoms with van der Waals surface area (Å²) in [6.45, 7) is 7.21. The maximum Gasteiger partial charge on any atom is 0.335 e. The monoisotopic (exact) mass is 471 g/mol. The number of benzene rings is 2. The molecule has 2 aromatic rings. The topological polar surface area (TPSA) is 89.9 Å². The van der Waals surface area contributed by atoms with E-state index in [1.807, 2.05) is 13.8 Å². The number of carboxylic acid groups (broad SMARTS) is 1. The Hall–Kier alpha value is -2.58. The van der Waals surface area contributed by atoms with Crippen LogP contribution in [0.2, 0.25) is 0 Å². The minimum absolute atomic E-state index is 0.0531. The molecular formula is C25H33N3O4S. The molecule has 7 nitrogen and oxygen atoms in total. The van der Waals surface area contributed by atoms with Crippen LogP contribution in [0.25, 0.3) is 0 Å². The Balaban J connectivity index is 1.58. The van der Waals surface area contributed by atoms with Crippen LogP contribution in [-0.2, 0) is 10.0 Å². The fraction of sp³-hybridized carbons (Fsp3) is 0.480. The zero-order valence-corrected chi connectivity index (χ0v) is 20.2. The molecule has 33 heavy (non-hydrogen) atoms. The summed E-state index contributed by atoms with van der Waals surface area (Å²) in [5, 5.41) is 9.47. The molecule has 8 heteroatoms. The second-order valence-electron chi connectivity index (χ2n) is 9.20. The number of rotatable bonds is 6. The van der Waals surface area contributed by atoms with Crippen LogP contribution in [0.5, 0.6) is 0 Å². The summed E-state index contributed by atoms with van der Waals surface area (Å²) in [6, 6.07) is 10.3. The van der Waals surface area contributed by atoms with Crippen molar-refractivity contribution in [2.24, 2.45) is 0 Å². The van der Waals surface area contributed by atoms with Gasteiger partial charge in [0.15, 0.2) is 0 Å². The zero-order chi connectivity index (χ0) is 23.6. The van der Waals surface area contributed by atoms with Gasteiger partial charge in [-0.3, -0.25) is 9.62 Å². The summed E-state index contributed by atoms with van der Waals surface area (Å²) in [7, 11) is -3.86. The van der Waals surface area contributed by atoms with Crippen molar-refractivity contribution < 1.29 is 18.3 Å². The van der Waals surface area contributed by atoms with Gasteiger partial charge in [-0.1, -0.05) is 25.3 Å². The maximum atomic E-state index is 13.2. The molecule has 2 fully saturated rings. The number of anilines is 2. The largest absolute Gasteiger partial charge is 0.478 e. The molecule has 1 saturated heterocycles. The fourth-order valence-corrected chi connectivity index (χ4v) is 6.04. The van der Waals surface area contributed by atoms with Gasteiger partial charge in [0.1, 0.15) is 0 Å². The van der Waals surface area contributed by atoms with Crippen molar-refractivity contribution in [2.75, 3.05) is 35.8 Å². The van der Waals surface area contributed by atoms with E-state index in [9.17, 15) is 18.3 Å². The van der Waals surface area contributed by atoms with E-state index in [4.69, 9.17) is 0 Å². The van der Waals surface area contributed by atoms with E-state index in [-0.39, 0.29) is 10.5 Å². The van der Waals surface area contributed by atoms with Crippen LogP contribution in [0.1, 0.15) is 53.6 Å². The summed E-state index contributed by atoms with van der Waals surface area (Å²) in [4.78, 5) is 16.5. The highest BCUT2D eigenvalue weighted by atomic mass is 32.2. The van der Waals surface area contributed by atoms with Gasteiger partial charge in [-0.05, 0) is 68.1 Å². The quantitative estimate of drug-likeness (QED) is 0.654. The SMILES string of the molecule is Cc1ccc(S(=O)(=O)Nc2cc(C(=O)O)ccc2N2CCN(C3CCCCC3)CC2)cc1C. The molecule has 2 N–H and O–H groups in total. The fourth-order valence-electron chi connectivity index (χ4n) is 4.89. The molecule has 1 aliphatic carbocycles. The molecule has 1 heterocycles. The van der Waals surface area contributed by atoms with Gasteiger partial charge in [-0.2, -0.15) is 0 Å². The summed E-state index contributed by atoms with van der Waals surface area (Å²) in [5.41, 5.74) is 2.97. The summed E-state index contributed by atoms with van der Waals surface area (Å²) in [6.07, 6.45) is 6.44. The molecule has 178 valence electrons. The Kier molecular flexibility index (Phi) is 6.95. The lowest BCUT2D eigenvalue weighted by Gasteiger charge is -2.42. The van der Waals surface area contributed by atoms with Crippen LogP contribution < -0.4 is 9.62 Å². The van der Waals surface area contributed by atoms with Gasteiger partial charge in [0.05, 0.1) is 21.8 Å². The number of aromatic carboxylic acids is 1. The van der Waals surface area contributed by atoms with E-state index in [0.29, 0.717) is 11.7 Å². The Bertz CT molecular complexity index is 1120. The zero-order valence-electron chi connectivity index (χ0n) is 19.4. The van der Waals surface area contributed by atoms with Gasteiger partial charge in [0, 0.05) is 32.2 Å². The summed E-state index contributed by atoms with van der Waals surface area (Å²) >= 11 is 0. The summed E-state index contributed by atoms with van der Waals surface area (Å²) in [5.74, 6) is -1.09. The van der Waals surface area contributed by atoms with Crippen molar-refractivity contribution >= 4 is 27.4 Å². The first-order valence-electron chi connectivity index (χ1n) is 11.7. The van der Waals surface area contributed by atoms with E-state index in [1.54, 1.807) is 30.3 Å². The molecule has 0 unspecified atom stereocenters. The second-order valence-corrected chi connectivity index (χ2v) is 10.9. The normalized spacial score (nSPS) is 18.3. The smallest absolute Gasteiger partial charge is 0.335 e. The number of hydrogen-bond acceptors (Lipinski definition) is 5. The number of sulfonamides is 1. The number of aryl methyl sites for hydroxylation is 2. The third kappa shape index (κ3) is 5.33. The molecule has 0 atom stereocenters. The molecule has 0 amide bonds. The Morgan fingerprint density at radius 3 is 2.27 bits per heavy atom. The summed E-state index contributed by atoms with van der Waals surface area (Å²) < 4.78 is 29.0. The number of carboxylic acids is 1. The lowest BCUT2D eigenvalue weighted by Crippen LogP contribution is -2.51. The van der Waals surface area contributed by atoms with Crippen LogP contribution in [0.15, 0.2) is 41.3 Å². The van der Waals surface area contributed by atoms with Crippen molar-refractivity contribution in [1.29, 1.82) is 0 Å². The Morgan fingerprint density at radius 1 is 0.939 bits per heavy atom. The average Bonchev–Trinajstić information content (AvgIpc) is 2.81. The molecule has 1 aliphatic heterocycles. The number of piperazine rings is 1. The van der Waals surface area contributed by atoms with E-state index >= 15 is 0 Å². The third-order valence-electron chi connectivity index (χ3n) is 7.02. The first-order valence-corrected chi connectivity index (χ1v) is 13.2. The van der Waals surface area contributed by atoms with Gasteiger partial charge < -0.3 is 10.0 Å². The van der Waals surface area contributed by atoms with Crippen molar-refractivity contribution in [2.45, 2.75) is 56.9 Å². The van der Waals surface area contributed by atoms with Gasteiger partial charge >= 0.3 is 5.97 Å². The van der Waals surface area contributed by atoms with E-state index in [0.717, 1.165) is 43.0 Å². The molecule has 2 aliphatic rings. The van der Waals surface area contributed by atoms with Crippen LogP contribution in [0, 0.1) is 13.8 Å². The first kappa shape index (κ1) is 23.6. The van der Waals surface area contributed by atoms with Crippen molar-refractivity contribution in [3.63, 3.8) is 0 Å². The highest BCUT2D eigenvalue weighted by Crippen LogP contribution is 2.32. The minimum Gasteiger partial charge on any atom is -0.478 e. The minimum atomic E-state index is -3.86. The van der Waals surface area contributed by atoms with Gasteiger partial charge in [-0.25, -0.2) is 13.2 Å². The van der Waals surface area contributed by atoms with E-state index in [1.165, 1.54) is 38.2 Å². The standard InChI is InChI=1S/C25H33N3O4S/c1-18-8-10-22(16-19(18)2)33(31,32)26-23-17-20(25(29)30)9-11-24(23)28-14-12-27(13-15-28)21-6-4-3-5-7-21/h8-11,16-17,21,26H,3-7,12-15H2,1-2H3,(H,29,30). The lowest BCUT2D eigenvalue weighted by molar-refractivity contribution is 0.0697. The number of nitrogens with one attached hydrogen (secondary N) is 1.